The number of nitrogens with one attached hydrogen (secondary N) is 1. The SMILES string of the molecule is CC(Cc1cccc(CO)c1)N(CC(O[Si](C)(C)C(C)(C)C)c1ccc(OC(=O)OC(C)(C)C)c2[nH]c(=O)ccc12)C(=O)OC(C)(C)C. The summed E-state index contributed by atoms with van der Waals surface area (Å²) in [4.78, 5) is 43.7. The van der Waals surface area contributed by atoms with Crippen LogP contribution in [-0.4, -0.2) is 59.3 Å². The molecular formula is C37H54N2O8Si. The van der Waals surface area contributed by atoms with Crippen LogP contribution >= 0.6 is 0 Å². The fourth-order valence-corrected chi connectivity index (χ4v) is 6.21. The Morgan fingerprint density at radius 1 is 0.896 bits per heavy atom. The van der Waals surface area contributed by atoms with Crippen LogP contribution in [0.25, 0.3) is 10.9 Å². The minimum absolute atomic E-state index is 0.0801. The van der Waals surface area contributed by atoms with Gasteiger partial charge in [-0.15, -0.1) is 0 Å². The van der Waals surface area contributed by atoms with Crippen molar-refractivity contribution in [1.82, 2.24) is 9.88 Å². The third-order valence-electron chi connectivity index (χ3n) is 8.29. The molecule has 48 heavy (non-hydrogen) atoms. The third-order valence-corrected chi connectivity index (χ3v) is 12.8. The van der Waals surface area contributed by atoms with Gasteiger partial charge in [0, 0.05) is 17.5 Å². The van der Waals surface area contributed by atoms with Crippen LogP contribution in [0, 0.1) is 0 Å². The van der Waals surface area contributed by atoms with Crippen molar-refractivity contribution in [3.8, 4) is 5.75 Å². The first-order valence-corrected chi connectivity index (χ1v) is 19.3. The van der Waals surface area contributed by atoms with Crippen LogP contribution < -0.4 is 10.3 Å². The lowest BCUT2D eigenvalue weighted by molar-refractivity contribution is 0.00677. The minimum atomic E-state index is -2.47. The summed E-state index contributed by atoms with van der Waals surface area (Å²) >= 11 is 0. The molecule has 0 aliphatic carbocycles. The summed E-state index contributed by atoms with van der Waals surface area (Å²) in [7, 11) is -2.47. The van der Waals surface area contributed by atoms with E-state index in [0.29, 0.717) is 22.9 Å². The van der Waals surface area contributed by atoms with Crippen molar-refractivity contribution in [1.29, 1.82) is 0 Å². The van der Waals surface area contributed by atoms with Gasteiger partial charge < -0.3 is 33.6 Å². The molecule has 2 atom stereocenters. The zero-order valence-corrected chi connectivity index (χ0v) is 31.6. The maximum Gasteiger partial charge on any atom is 0.514 e. The first-order chi connectivity index (χ1) is 22.0. The summed E-state index contributed by atoms with van der Waals surface area (Å²) in [5.41, 5.74) is 0.897. The average Bonchev–Trinajstić information content (AvgIpc) is 2.92. The number of aromatic amines is 1. The number of rotatable bonds is 10. The molecular weight excluding hydrogens is 628 g/mol. The molecule has 1 aromatic heterocycles. The van der Waals surface area contributed by atoms with Crippen molar-refractivity contribution in [3.63, 3.8) is 0 Å². The van der Waals surface area contributed by atoms with E-state index in [1.807, 2.05) is 52.0 Å². The van der Waals surface area contributed by atoms with Crippen LogP contribution in [0.3, 0.4) is 0 Å². The molecule has 0 saturated carbocycles. The molecule has 2 aromatic carbocycles. The number of nitrogens with zero attached hydrogens (tertiary/aromatic N) is 1. The number of pyridine rings is 1. The third kappa shape index (κ3) is 10.7. The second-order valence-corrected chi connectivity index (χ2v) is 20.6. The van der Waals surface area contributed by atoms with Gasteiger partial charge >= 0.3 is 12.2 Å². The Hall–Kier alpha value is -3.67. The molecule has 0 saturated heterocycles. The summed E-state index contributed by atoms with van der Waals surface area (Å²) in [6, 6.07) is 13.8. The number of hydrogen-bond acceptors (Lipinski definition) is 8. The Balaban J connectivity index is 2.18. The van der Waals surface area contributed by atoms with Gasteiger partial charge in [-0.2, -0.15) is 0 Å². The molecule has 1 heterocycles. The van der Waals surface area contributed by atoms with Gasteiger partial charge in [-0.25, -0.2) is 9.59 Å². The van der Waals surface area contributed by atoms with E-state index in [4.69, 9.17) is 18.6 Å². The molecule has 1 amide bonds. The second-order valence-electron chi connectivity index (χ2n) is 15.9. The Morgan fingerprint density at radius 2 is 1.52 bits per heavy atom. The number of ether oxygens (including phenoxy) is 3. The molecule has 0 aliphatic heterocycles. The molecule has 11 heteroatoms. The quantitative estimate of drug-likeness (QED) is 0.124. The molecule has 0 spiro atoms. The first kappa shape index (κ1) is 38.8. The van der Waals surface area contributed by atoms with E-state index in [-0.39, 0.29) is 35.5 Å². The second kappa shape index (κ2) is 14.8. The number of aliphatic hydroxyl groups is 1. The van der Waals surface area contributed by atoms with Gasteiger partial charge in [0.25, 0.3) is 0 Å². The number of amides is 1. The van der Waals surface area contributed by atoms with E-state index in [0.717, 1.165) is 11.1 Å². The van der Waals surface area contributed by atoms with Crippen molar-refractivity contribution in [2.75, 3.05) is 6.54 Å². The van der Waals surface area contributed by atoms with Crippen LogP contribution in [0.4, 0.5) is 9.59 Å². The Kier molecular flexibility index (Phi) is 12.0. The zero-order chi connectivity index (χ0) is 36.2. The van der Waals surface area contributed by atoms with Gasteiger partial charge in [0.15, 0.2) is 14.1 Å². The fraction of sp³-hybridized carbons (Fsp3) is 0.541. The highest BCUT2D eigenvalue weighted by atomic mass is 28.4. The van der Waals surface area contributed by atoms with Crippen molar-refractivity contribution in [3.05, 3.63) is 75.6 Å². The summed E-state index contributed by atoms with van der Waals surface area (Å²) in [5.74, 6) is 0.132. The molecule has 264 valence electrons. The van der Waals surface area contributed by atoms with E-state index in [2.05, 4.69) is 38.8 Å². The van der Waals surface area contributed by atoms with Crippen molar-refractivity contribution in [2.45, 2.75) is 124 Å². The highest BCUT2D eigenvalue weighted by Gasteiger charge is 2.41. The monoisotopic (exact) mass is 682 g/mol. The largest absolute Gasteiger partial charge is 0.514 e. The number of H-pyrrole nitrogens is 1. The molecule has 2 unspecified atom stereocenters. The lowest BCUT2D eigenvalue weighted by atomic mass is 10.0. The number of aliphatic hydroxyl groups excluding tert-OH is 1. The molecule has 10 nitrogen and oxygen atoms in total. The van der Waals surface area contributed by atoms with Gasteiger partial charge in [0.1, 0.15) is 11.2 Å². The molecule has 0 fully saturated rings. The highest BCUT2D eigenvalue weighted by molar-refractivity contribution is 6.74. The van der Waals surface area contributed by atoms with Gasteiger partial charge in [0.05, 0.1) is 24.8 Å². The predicted molar refractivity (Wildman–Crippen MR) is 191 cm³/mol. The number of carbonyl (C=O) groups is 2. The summed E-state index contributed by atoms with van der Waals surface area (Å²) in [6.07, 6.45) is -1.52. The molecule has 3 rings (SSSR count). The Morgan fingerprint density at radius 3 is 2.10 bits per heavy atom. The number of fused-ring (bicyclic) bond motifs is 1. The fourth-order valence-electron chi connectivity index (χ4n) is 4.95. The molecule has 2 N–H and O–H groups in total. The van der Waals surface area contributed by atoms with E-state index < -0.39 is 37.9 Å². The van der Waals surface area contributed by atoms with Crippen molar-refractivity contribution in [2.24, 2.45) is 0 Å². The van der Waals surface area contributed by atoms with Gasteiger partial charge in [-0.05, 0) is 102 Å². The average molecular weight is 683 g/mol. The van der Waals surface area contributed by atoms with Crippen molar-refractivity contribution < 1.29 is 33.3 Å². The van der Waals surface area contributed by atoms with Gasteiger partial charge in [0.2, 0.25) is 5.56 Å². The van der Waals surface area contributed by atoms with Crippen LogP contribution in [0.5, 0.6) is 5.75 Å². The van der Waals surface area contributed by atoms with Crippen LogP contribution in [-0.2, 0) is 26.9 Å². The maximum atomic E-state index is 13.9. The van der Waals surface area contributed by atoms with Crippen LogP contribution in [0.1, 0.15) is 92.0 Å². The van der Waals surface area contributed by atoms with E-state index in [1.54, 1.807) is 43.9 Å². The number of carbonyl (C=O) groups excluding carboxylic acids is 2. The number of benzene rings is 2. The standard InChI is InChI=1S/C37H54N2O8Si/c1-24(20-25-14-13-15-26(21-25)23-40)39(33(42)45-35(2,3)4)22-30(47-48(11,12)37(8,9)10)27-16-18-29(44-34(43)46-36(5,6)7)32-28(27)17-19-31(41)38-32/h13-19,21,24,30,40H,20,22-23H2,1-12H3,(H,38,41). The smallest absolute Gasteiger partial charge is 0.444 e. The molecule has 3 aromatic rings. The van der Waals surface area contributed by atoms with Gasteiger partial charge in [-0.3, -0.25) is 4.79 Å². The van der Waals surface area contributed by atoms with Gasteiger partial charge in [-0.1, -0.05) is 51.1 Å². The molecule has 0 radical (unpaired) electrons. The molecule has 0 aliphatic rings. The summed E-state index contributed by atoms with van der Waals surface area (Å²) in [6.45, 7) is 23.4. The van der Waals surface area contributed by atoms with E-state index >= 15 is 0 Å². The Labute approximate surface area is 285 Å². The highest BCUT2D eigenvalue weighted by Crippen LogP contribution is 2.42. The Bertz CT molecular complexity index is 1650. The topological polar surface area (TPSA) is 127 Å². The predicted octanol–water partition coefficient (Wildman–Crippen LogP) is 8.27. The summed E-state index contributed by atoms with van der Waals surface area (Å²) in [5, 5.41) is 10.1. The lowest BCUT2D eigenvalue weighted by Crippen LogP contribution is -2.48. The van der Waals surface area contributed by atoms with E-state index in [1.165, 1.54) is 6.07 Å². The molecule has 0 bridgehead atoms. The van der Waals surface area contributed by atoms with Crippen LogP contribution in [0.15, 0.2) is 53.3 Å². The van der Waals surface area contributed by atoms with Crippen LogP contribution in [0.2, 0.25) is 18.1 Å². The zero-order valence-electron chi connectivity index (χ0n) is 30.6. The van der Waals surface area contributed by atoms with E-state index in [9.17, 15) is 19.5 Å². The normalized spacial score (nSPS) is 13.9. The number of hydrogen-bond donors (Lipinski definition) is 2. The minimum Gasteiger partial charge on any atom is -0.444 e. The van der Waals surface area contributed by atoms with Crippen molar-refractivity contribution >= 4 is 31.5 Å². The lowest BCUT2D eigenvalue weighted by Gasteiger charge is -2.42. The first-order valence-electron chi connectivity index (χ1n) is 16.4. The number of aromatic nitrogens is 1. The maximum absolute atomic E-state index is 13.9. The summed E-state index contributed by atoms with van der Waals surface area (Å²) < 4.78 is 24.0.